The van der Waals surface area contributed by atoms with E-state index in [9.17, 15) is 10.2 Å². The number of hydrogen-bond acceptors (Lipinski definition) is 3. The Bertz CT molecular complexity index is 384. The van der Waals surface area contributed by atoms with Crippen LogP contribution in [0.25, 0.3) is 0 Å². The van der Waals surface area contributed by atoms with Gasteiger partial charge in [0.1, 0.15) is 5.75 Å². The summed E-state index contributed by atoms with van der Waals surface area (Å²) in [6.45, 7) is 3.17. The Kier molecular flexibility index (Phi) is 4.25. The van der Waals surface area contributed by atoms with Gasteiger partial charge >= 0.3 is 0 Å². The molecule has 1 aromatic rings. The molecule has 0 aromatic heterocycles. The van der Waals surface area contributed by atoms with Gasteiger partial charge in [0.05, 0.1) is 6.61 Å². The molecule has 18 heavy (non-hydrogen) atoms. The van der Waals surface area contributed by atoms with Crippen LogP contribution >= 0.6 is 0 Å². The number of aliphatic hydroxyl groups excluding tert-OH is 1. The van der Waals surface area contributed by atoms with Crippen molar-refractivity contribution in [2.24, 2.45) is 5.92 Å². The first-order valence-corrected chi connectivity index (χ1v) is 6.77. The van der Waals surface area contributed by atoms with Gasteiger partial charge in [0.25, 0.3) is 0 Å². The van der Waals surface area contributed by atoms with Gasteiger partial charge in [0.2, 0.25) is 0 Å². The molecule has 1 aliphatic carbocycles. The maximum Gasteiger partial charge on any atom is 0.115 e. The summed E-state index contributed by atoms with van der Waals surface area (Å²) in [4.78, 5) is 0. The zero-order valence-corrected chi connectivity index (χ0v) is 11.0. The second-order valence-corrected chi connectivity index (χ2v) is 5.64. The highest BCUT2D eigenvalue weighted by molar-refractivity contribution is 5.27. The molecule has 1 aliphatic rings. The van der Waals surface area contributed by atoms with E-state index in [1.165, 1.54) is 12.8 Å². The van der Waals surface area contributed by atoms with Crippen molar-refractivity contribution in [3.05, 3.63) is 29.8 Å². The molecule has 0 atom stereocenters. The maximum absolute atomic E-state index is 9.65. The Morgan fingerprint density at radius 1 is 1.33 bits per heavy atom. The molecule has 0 aliphatic heterocycles. The second-order valence-electron chi connectivity index (χ2n) is 5.64. The van der Waals surface area contributed by atoms with E-state index in [0.29, 0.717) is 12.3 Å². The van der Waals surface area contributed by atoms with Crippen LogP contribution in [0.2, 0.25) is 0 Å². The zero-order valence-electron chi connectivity index (χ0n) is 11.0. The molecule has 3 nitrogen and oxygen atoms in total. The molecular formula is C15H23NO2. The highest BCUT2D eigenvalue weighted by Gasteiger charge is 2.32. The molecule has 0 heterocycles. The first-order valence-electron chi connectivity index (χ1n) is 6.77. The van der Waals surface area contributed by atoms with E-state index in [1.54, 1.807) is 12.1 Å². The van der Waals surface area contributed by atoms with Crippen LogP contribution in [0, 0.1) is 5.92 Å². The minimum absolute atomic E-state index is 0.127. The minimum atomic E-state index is -0.127. The molecule has 2 rings (SSSR count). The lowest BCUT2D eigenvalue weighted by Gasteiger charge is -2.39. The predicted octanol–water partition coefficient (Wildman–Crippen LogP) is 2.42. The number of hydrogen-bond donors (Lipinski definition) is 3. The Morgan fingerprint density at radius 2 is 2.06 bits per heavy atom. The number of rotatable bonds is 4. The molecule has 1 saturated carbocycles. The van der Waals surface area contributed by atoms with Gasteiger partial charge < -0.3 is 15.5 Å². The lowest BCUT2D eigenvalue weighted by molar-refractivity contribution is 0.104. The molecule has 0 bridgehead atoms. The van der Waals surface area contributed by atoms with Crippen molar-refractivity contribution < 1.29 is 10.2 Å². The number of benzene rings is 1. The van der Waals surface area contributed by atoms with Crippen molar-refractivity contribution in [1.29, 1.82) is 0 Å². The third kappa shape index (κ3) is 3.24. The fraction of sp³-hybridized carbons (Fsp3) is 0.600. The normalized spacial score (nSPS) is 28.2. The van der Waals surface area contributed by atoms with Gasteiger partial charge in [-0.3, -0.25) is 0 Å². The predicted molar refractivity (Wildman–Crippen MR) is 72.4 cm³/mol. The first kappa shape index (κ1) is 13.4. The van der Waals surface area contributed by atoms with Crippen LogP contribution in [0.4, 0.5) is 0 Å². The fourth-order valence-electron chi connectivity index (χ4n) is 2.66. The first-order chi connectivity index (χ1) is 8.63. The fourth-order valence-corrected chi connectivity index (χ4v) is 2.66. The summed E-state index contributed by atoms with van der Waals surface area (Å²) >= 11 is 0. The third-order valence-corrected chi connectivity index (χ3v) is 4.11. The van der Waals surface area contributed by atoms with Crippen LogP contribution in [-0.4, -0.2) is 22.4 Å². The van der Waals surface area contributed by atoms with E-state index < -0.39 is 0 Å². The van der Waals surface area contributed by atoms with E-state index in [4.69, 9.17) is 0 Å². The Morgan fingerprint density at radius 3 is 2.67 bits per heavy atom. The Labute approximate surface area is 109 Å². The van der Waals surface area contributed by atoms with Crippen molar-refractivity contribution in [3.8, 4) is 5.75 Å². The summed E-state index contributed by atoms with van der Waals surface area (Å²) in [6.07, 6.45) is 4.41. The molecule has 1 fully saturated rings. The summed E-state index contributed by atoms with van der Waals surface area (Å²) in [5, 5.41) is 22.6. The molecule has 0 amide bonds. The molecular weight excluding hydrogens is 226 g/mol. The largest absolute Gasteiger partial charge is 0.508 e. The quantitative estimate of drug-likeness (QED) is 0.768. The molecule has 0 unspecified atom stereocenters. The number of nitrogens with one attached hydrogen (secondary N) is 1. The number of aromatic hydroxyl groups is 1. The van der Waals surface area contributed by atoms with Gasteiger partial charge in [-0.1, -0.05) is 19.1 Å². The molecule has 0 spiro atoms. The van der Waals surface area contributed by atoms with Gasteiger partial charge in [0.15, 0.2) is 0 Å². The summed E-state index contributed by atoms with van der Waals surface area (Å²) in [6, 6.07) is 7.28. The van der Waals surface area contributed by atoms with Crippen LogP contribution in [-0.2, 0) is 6.54 Å². The highest BCUT2D eigenvalue weighted by Crippen LogP contribution is 2.31. The molecule has 3 N–H and O–H groups in total. The number of phenols is 1. The molecule has 100 valence electrons. The van der Waals surface area contributed by atoms with Crippen LogP contribution in [0.15, 0.2) is 24.3 Å². The van der Waals surface area contributed by atoms with Crippen molar-refractivity contribution in [1.82, 2.24) is 5.32 Å². The number of phenolic OH excluding ortho intramolecular Hbond substituents is 1. The van der Waals surface area contributed by atoms with Gasteiger partial charge in [0, 0.05) is 12.1 Å². The van der Waals surface area contributed by atoms with Gasteiger partial charge in [-0.15, -0.1) is 0 Å². The topological polar surface area (TPSA) is 52.5 Å². The van der Waals surface area contributed by atoms with Crippen LogP contribution in [0.3, 0.4) is 0 Å². The van der Waals surface area contributed by atoms with Crippen LogP contribution < -0.4 is 5.32 Å². The van der Waals surface area contributed by atoms with E-state index in [1.807, 2.05) is 12.1 Å². The van der Waals surface area contributed by atoms with Crippen molar-refractivity contribution >= 4 is 0 Å². The number of aliphatic hydroxyl groups is 1. The maximum atomic E-state index is 9.65. The van der Waals surface area contributed by atoms with Gasteiger partial charge in [-0.05, 0) is 49.3 Å². The molecule has 1 aromatic carbocycles. The van der Waals surface area contributed by atoms with Crippen LogP contribution in [0.5, 0.6) is 5.75 Å². The summed E-state index contributed by atoms with van der Waals surface area (Å²) in [7, 11) is 0. The molecule has 0 saturated heterocycles. The van der Waals surface area contributed by atoms with Gasteiger partial charge in [-0.2, -0.15) is 0 Å². The van der Waals surface area contributed by atoms with Gasteiger partial charge in [-0.25, -0.2) is 0 Å². The minimum Gasteiger partial charge on any atom is -0.508 e. The van der Waals surface area contributed by atoms with Crippen molar-refractivity contribution in [3.63, 3.8) is 0 Å². The lowest BCUT2D eigenvalue weighted by Crippen LogP contribution is -2.50. The summed E-state index contributed by atoms with van der Waals surface area (Å²) < 4.78 is 0. The third-order valence-electron chi connectivity index (χ3n) is 4.11. The second kappa shape index (κ2) is 5.72. The molecule has 0 radical (unpaired) electrons. The monoisotopic (exact) mass is 249 g/mol. The van der Waals surface area contributed by atoms with E-state index in [0.717, 1.165) is 24.3 Å². The Balaban J connectivity index is 1.95. The summed E-state index contributed by atoms with van der Waals surface area (Å²) in [5.74, 6) is 1.07. The van der Waals surface area contributed by atoms with E-state index in [2.05, 4.69) is 12.2 Å². The summed E-state index contributed by atoms with van der Waals surface area (Å²) in [5.41, 5.74) is 0.930. The smallest absolute Gasteiger partial charge is 0.115 e. The lowest BCUT2D eigenvalue weighted by atomic mass is 9.77. The average Bonchev–Trinajstić information content (AvgIpc) is 2.39. The van der Waals surface area contributed by atoms with E-state index >= 15 is 0 Å². The van der Waals surface area contributed by atoms with Crippen molar-refractivity contribution in [2.75, 3.05) is 6.61 Å². The highest BCUT2D eigenvalue weighted by atomic mass is 16.3. The SMILES string of the molecule is CC1CCC(CO)(NCc2cccc(O)c2)CC1. The molecule has 3 heteroatoms. The van der Waals surface area contributed by atoms with Crippen LogP contribution in [0.1, 0.15) is 38.2 Å². The Hall–Kier alpha value is -1.06. The van der Waals surface area contributed by atoms with E-state index in [-0.39, 0.29) is 12.1 Å². The van der Waals surface area contributed by atoms with Crippen molar-refractivity contribution in [2.45, 2.75) is 44.7 Å². The standard InChI is InChI=1S/C15H23NO2/c1-12-5-7-15(11-17,8-6-12)16-10-13-3-2-4-14(18)9-13/h2-4,9,12,16-18H,5-8,10-11H2,1H3. The average molecular weight is 249 g/mol. The zero-order chi connectivity index (χ0) is 13.0.